The molecule has 0 aliphatic carbocycles. The minimum atomic E-state index is -0.609. The van der Waals surface area contributed by atoms with E-state index >= 15 is 0 Å². The highest BCUT2D eigenvalue weighted by Crippen LogP contribution is 2.39. The monoisotopic (exact) mass is 370 g/mol. The number of hydrogen-bond donors (Lipinski definition) is 2. The highest BCUT2D eigenvalue weighted by Gasteiger charge is 2.36. The number of esters is 1. The number of aromatic amines is 1. The lowest BCUT2D eigenvalue weighted by Gasteiger charge is -2.28. The fraction of sp³-hybridized carbons (Fsp3) is 0.222. The molecule has 0 bridgehead atoms. The van der Waals surface area contributed by atoms with E-state index in [1.54, 1.807) is 31.5 Å². The molecule has 2 N–H and O–H groups in total. The summed E-state index contributed by atoms with van der Waals surface area (Å²) in [5, 5.41) is 3.56. The number of nitrogens with zero attached hydrogens (tertiary/aromatic N) is 2. The smallest absolute Gasteiger partial charge is 0.336 e. The van der Waals surface area contributed by atoms with E-state index in [1.165, 1.54) is 18.9 Å². The third-order valence-electron chi connectivity index (χ3n) is 3.98. The van der Waals surface area contributed by atoms with Gasteiger partial charge in [-0.05, 0) is 18.6 Å². The molecule has 3 heterocycles. The summed E-state index contributed by atoms with van der Waals surface area (Å²) in [4.78, 5) is 36.6. The second-order valence-corrected chi connectivity index (χ2v) is 6.62. The molecule has 0 amide bonds. The fourth-order valence-electron chi connectivity index (χ4n) is 2.90. The molecule has 0 saturated carbocycles. The summed E-state index contributed by atoms with van der Waals surface area (Å²) in [7, 11) is 1.32. The van der Waals surface area contributed by atoms with Crippen molar-refractivity contribution < 1.29 is 9.53 Å². The Morgan fingerprint density at radius 2 is 2.31 bits per heavy atom. The SMILES string of the molecule is C=CCSc1nc2c(c(=O)[nH]1)C(c1cccnc1)C(C(=O)OC)=C(C)N2. The van der Waals surface area contributed by atoms with Crippen molar-refractivity contribution >= 4 is 23.5 Å². The van der Waals surface area contributed by atoms with Crippen LogP contribution in [0.15, 0.2) is 58.4 Å². The molecule has 0 fully saturated rings. The van der Waals surface area contributed by atoms with Gasteiger partial charge in [0.1, 0.15) is 5.82 Å². The van der Waals surface area contributed by atoms with Crippen LogP contribution in [-0.2, 0) is 9.53 Å². The predicted octanol–water partition coefficient (Wildman–Crippen LogP) is 2.45. The van der Waals surface area contributed by atoms with Gasteiger partial charge in [-0.1, -0.05) is 23.9 Å². The minimum absolute atomic E-state index is 0.309. The number of thioether (sulfide) groups is 1. The minimum Gasteiger partial charge on any atom is -0.466 e. The number of anilines is 1. The Bertz CT molecular complexity index is 937. The van der Waals surface area contributed by atoms with Crippen LogP contribution in [0.5, 0.6) is 0 Å². The molecule has 0 radical (unpaired) electrons. The molecule has 0 aromatic carbocycles. The van der Waals surface area contributed by atoms with Gasteiger partial charge in [-0.15, -0.1) is 6.58 Å². The Labute approximate surface area is 154 Å². The Morgan fingerprint density at radius 3 is 2.96 bits per heavy atom. The van der Waals surface area contributed by atoms with Crippen molar-refractivity contribution in [2.75, 3.05) is 18.2 Å². The molecule has 26 heavy (non-hydrogen) atoms. The molecule has 2 aromatic rings. The number of nitrogens with one attached hydrogen (secondary N) is 2. The van der Waals surface area contributed by atoms with Crippen LogP contribution in [0.25, 0.3) is 0 Å². The van der Waals surface area contributed by atoms with Crippen molar-refractivity contribution in [1.29, 1.82) is 0 Å². The van der Waals surface area contributed by atoms with E-state index in [9.17, 15) is 9.59 Å². The molecule has 3 rings (SSSR count). The zero-order chi connectivity index (χ0) is 18.7. The van der Waals surface area contributed by atoms with Crippen molar-refractivity contribution in [2.24, 2.45) is 0 Å². The zero-order valence-corrected chi connectivity index (χ0v) is 15.2. The van der Waals surface area contributed by atoms with Gasteiger partial charge >= 0.3 is 5.97 Å². The highest BCUT2D eigenvalue weighted by atomic mass is 32.2. The Kier molecular flexibility index (Phi) is 5.22. The maximum absolute atomic E-state index is 12.8. The first-order chi connectivity index (χ1) is 12.6. The van der Waals surface area contributed by atoms with Crippen LogP contribution in [0.2, 0.25) is 0 Å². The normalized spacial score (nSPS) is 15.8. The van der Waals surface area contributed by atoms with Gasteiger partial charge < -0.3 is 15.0 Å². The quantitative estimate of drug-likeness (QED) is 0.361. The van der Waals surface area contributed by atoms with Crippen LogP contribution in [-0.4, -0.2) is 33.8 Å². The molecule has 1 atom stereocenters. The summed E-state index contributed by atoms with van der Waals surface area (Å²) in [6.07, 6.45) is 5.00. The van der Waals surface area contributed by atoms with Crippen LogP contribution >= 0.6 is 11.8 Å². The standard InChI is InChI=1S/C18H18N4O3S/c1-4-8-26-18-21-15-14(16(23)22-18)13(11-6-5-7-19-9-11)12(10(2)20-15)17(24)25-3/h4-7,9,13H,1,8H2,2-3H3,(H2,20,21,22,23). The zero-order valence-electron chi connectivity index (χ0n) is 14.4. The van der Waals surface area contributed by atoms with Gasteiger partial charge in [0.2, 0.25) is 0 Å². The highest BCUT2D eigenvalue weighted by molar-refractivity contribution is 7.99. The van der Waals surface area contributed by atoms with Gasteiger partial charge in [0.05, 0.1) is 24.2 Å². The Hall–Kier alpha value is -2.87. The summed E-state index contributed by atoms with van der Waals surface area (Å²) in [5.41, 5.74) is 1.74. The Balaban J connectivity index is 2.20. The number of pyridine rings is 1. The number of methoxy groups -OCH3 is 1. The first-order valence-corrected chi connectivity index (χ1v) is 8.89. The average molecular weight is 370 g/mol. The van der Waals surface area contributed by atoms with Gasteiger partial charge in [0.15, 0.2) is 5.16 Å². The topological polar surface area (TPSA) is 97.0 Å². The van der Waals surface area contributed by atoms with Gasteiger partial charge in [0, 0.05) is 23.8 Å². The van der Waals surface area contributed by atoms with Gasteiger partial charge in [-0.3, -0.25) is 9.78 Å². The van der Waals surface area contributed by atoms with Crippen LogP contribution in [0, 0.1) is 0 Å². The van der Waals surface area contributed by atoms with Crippen molar-refractivity contribution in [1.82, 2.24) is 15.0 Å². The van der Waals surface area contributed by atoms with E-state index in [2.05, 4.69) is 26.8 Å². The average Bonchev–Trinajstić information content (AvgIpc) is 2.65. The lowest BCUT2D eigenvalue weighted by molar-refractivity contribution is -0.136. The number of H-pyrrole nitrogens is 1. The van der Waals surface area contributed by atoms with E-state index in [0.29, 0.717) is 39.1 Å². The number of hydrogen-bond acceptors (Lipinski definition) is 7. The summed E-state index contributed by atoms with van der Waals surface area (Å²) in [6.45, 7) is 5.43. The summed E-state index contributed by atoms with van der Waals surface area (Å²) in [6, 6.07) is 3.58. The molecule has 2 aromatic heterocycles. The van der Waals surface area contributed by atoms with Crippen molar-refractivity contribution in [3.8, 4) is 0 Å². The summed E-state index contributed by atoms with van der Waals surface area (Å²) >= 11 is 1.37. The molecule has 134 valence electrons. The first-order valence-electron chi connectivity index (χ1n) is 7.90. The first kappa shape index (κ1) is 17.9. The van der Waals surface area contributed by atoms with E-state index in [-0.39, 0.29) is 5.56 Å². The third-order valence-corrected chi connectivity index (χ3v) is 4.85. The predicted molar refractivity (Wildman–Crippen MR) is 100 cm³/mol. The van der Waals surface area contributed by atoms with Crippen molar-refractivity contribution in [3.63, 3.8) is 0 Å². The molecule has 0 saturated heterocycles. The second-order valence-electron chi connectivity index (χ2n) is 5.61. The summed E-state index contributed by atoms with van der Waals surface area (Å²) < 4.78 is 4.94. The third kappa shape index (κ3) is 3.28. The van der Waals surface area contributed by atoms with Crippen LogP contribution in [0.1, 0.15) is 24.0 Å². The molecular weight excluding hydrogens is 352 g/mol. The van der Waals surface area contributed by atoms with E-state index in [1.807, 2.05) is 6.07 Å². The van der Waals surface area contributed by atoms with Crippen LogP contribution in [0.3, 0.4) is 0 Å². The van der Waals surface area contributed by atoms with Crippen molar-refractivity contribution in [3.05, 3.63) is 69.9 Å². The number of allylic oxidation sites excluding steroid dienone is 1. The fourth-order valence-corrected chi connectivity index (χ4v) is 3.49. The largest absolute Gasteiger partial charge is 0.466 e. The van der Waals surface area contributed by atoms with E-state index in [4.69, 9.17) is 4.74 Å². The van der Waals surface area contributed by atoms with Crippen molar-refractivity contribution in [2.45, 2.75) is 18.0 Å². The number of fused-ring (bicyclic) bond motifs is 1. The van der Waals surface area contributed by atoms with Gasteiger partial charge in [0.25, 0.3) is 5.56 Å². The van der Waals surface area contributed by atoms with Crippen LogP contribution in [0.4, 0.5) is 5.82 Å². The molecular formula is C18H18N4O3S. The number of carbonyl (C=O) groups excluding carboxylic acids is 1. The maximum Gasteiger partial charge on any atom is 0.336 e. The second kappa shape index (κ2) is 7.57. The summed E-state index contributed by atoms with van der Waals surface area (Å²) in [5.74, 6) is -0.0591. The number of rotatable bonds is 5. The Morgan fingerprint density at radius 1 is 1.50 bits per heavy atom. The molecule has 8 heteroatoms. The molecule has 1 aliphatic heterocycles. The lowest BCUT2D eigenvalue weighted by atomic mass is 9.83. The molecule has 1 aliphatic rings. The van der Waals surface area contributed by atoms with Crippen LogP contribution < -0.4 is 10.9 Å². The molecule has 1 unspecified atom stereocenters. The molecule has 0 spiro atoms. The number of carbonyl (C=O) groups is 1. The van der Waals surface area contributed by atoms with Gasteiger partial charge in [-0.2, -0.15) is 0 Å². The number of ether oxygens (including phenoxy) is 1. The van der Waals surface area contributed by atoms with E-state index in [0.717, 1.165) is 0 Å². The lowest BCUT2D eigenvalue weighted by Crippen LogP contribution is -2.31. The van der Waals surface area contributed by atoms with E-state index < -0.39 is 11.9 Å². The number of aromatic nitrogens is 3. The molecule has 7 nitrogen and oxygen atoms in total. The van der Waals surface area contributed by atoms with Gasteiger partial charge in [-0.25, -0.2) is 9.78 Å². The maximum atomic E-state index is 12.8.